The van der Waals surface area contributed by atoms with Crippen LogP contribution in [0.1, 0.15) is 38.5 Å². The van der Waals surface area contributed by atoms with Crippen molar-refractivity contribution in [1.82, 2.24) is 4.90 Å². The fourth-order valence-corrected chi connectivity index (χ4v) is 3.40. The van der Waals surface area contributed by atoms with Gasteiger partial charge in [-0.1, -0.05) is 0 Å². The van der Waals surface area contributed by atoms with Crippen molar-refractivity contribution in [2.75, 3.05) is 13.1 Å². The summed E-state index contributed by atoms with van der Waals surface area (Å²) in [6.45, 7) is 1.46. The van der Waals surface area contributed by atoms with Gasteiger partial charge in [-0.15, -0.1) is 0 Å². The molecule has 1 spiro atoms. The Kier molecular flexibility index (Phi) is 2.94. The smallest absolute Gasteiger partial charge is 0.370 e. The highest BCUT2D eigenvalue weighted by Gasteiger charge is 2.50. The molecule has 2 N–H and O–H groups in total. The van der Waals surface area contributed by atoms with Crippen LogP contribution in [0, 0.1) is 11.8 Å². The van der Waals surface area contributed by atoms with Crippen LogP contribution in [0.3, 0.4) is 0 Å². The molecule has 2 fully saturated rings. The van der Waals surface area contributed by atoms with Crippen LogP contribution in [0.15, 0.2) is 4.99 Å². The van der Waals surface area contributed by atoms with E-state index >= 15 is 0 Å². The maximum atomic E-state index is 12.7. The molecule has 1 aliphatic heterocycles. The Morgan fingerprint density at radius 2 is 1.84 bits per heavy atom. The highest BCUT2D eigenvalue weighted by atomic mass is 19.4. The summed E-state index contributed by atoms with van der Waals surface area (Å²) in [5, 5.41) is 0. The third-order valence-electron chi connectivity index (χ3n) is 4.90. The van der Waals surface area contributed by atoms with Crippen molar-refractivity contribution in [3.63, 3.8) is 0 Å². The number of hydrogen-bond acceptors (Lipinski definition) is 3. The Balaban J connectivity index is 1.67. The molecule has 2 saturated carbocycles. The van der Waals surface area contributed by atoms with E-state index in [9.17, 15) is 13.2 Å². The lowest BCUT2D eigenvalue weighted by molar-refractivity contribution is -0.186. The van der Waals surface area contributed by atoms with Gasteiger partial charge in [0.05, 0.1) is 18.0 Å². The maximum absolute atomic E-state index is 12.7. The molecule has 6 heteroatoms. The molecule has 0 saturated heterocycles. The fourth-order valence-electron chi connectivity index (χ4n) is 3.40. The van der Waals surface area contributed by atoms with Gasteiger partial charge in [0.25, 0.3) is 0 Å². The number of aliphatic imine (C=N–C) groups is 1. The lowest BCUT2D eigenvalue weighted by atomic mass is 9.75. The SMILES string of the molecule is NC1=NCC2(CCC(C(F)(F)F)CC2)N1CC1CC1. The quantitative estimate of drug-likeness (QED) is 0.841. The van der Waals surface area contributed by atoms with Gasteiger partial charge in [0.15, 0.2) is 5.96 Å². The number of halogens is 3. The molecule has 0 aromatic heterocycles. The highest BCUT2D eigenvalue weighted by molar-refractivity contribution is 5.81. The Morgan fingerprint density at radius 1 is 1.21 bits per heavy atom. The van der Waals surface area contributed by atoms with Crippen LogP contribution in [0.4, 0.5) is 13.2 Å². The lowest BCUT2D eigenvalue weighted by Gasteiger charge is -2.44. The number of nitrogens with two attached hydrogens (primary N) is 1. The van der Waals surface area contributed by atoms with E-state index in [1.165, 1.54) is 12.8 Å². The standard InChI is InChI=1S/C13H20F3N3/c14-13(15,16)10-3-5-12(6-4-10)8-18-11(17)19(12)7-9-1-2-9/h9-10H,1-8H2,(H2,17,18). The van der Waals surface area contributed by atoms with Crippen LogP contribution >= 0.6 is 0 Å². The van der Waals surface area contributed by atoms with Crippen LogP contribution in [-0.2, 0) is 0 Å². The zero-order valence-electron chi connectivity index (χ0n) is 10.9. The third kappa shape index (κ3) is 2.41. The van der Waals surface area contributed by atoms with Crippen molar-refractivity contribution in [2.24, 2.45) is 22.6 Å². The number of rotatable bonds is 2. The van der Waals surface area contributed by atoms with Crippen molar-refractivity contribution in [3.8, 4) is 0 Å². The van der Waals surface area contributed by atoms with Crippen molar-refractivity contribution < 1.29 is 13.2 Å². The topological polar surface area (TPSA) is 41.6 Å². The minimum atomic E-state index is -4.05. The predicted octanol–water partition coefficient (Wildman–Crippen LogP) is 2.52. The third-order valence-corrected chi connectivity index (χ3v) is 4.90. The second-order valence-electron chi connectivity index (χ2n) is 6.27. The van der Waals surface area contributed by atoms with E-state index in [2.05, 4.69) is 9.89 Å². The first-order valence-electron chi connectivity index (χ1n) is 7.05. The van der Waals surface area contributed by atoms with Crippen LogP contribution in [0.25, 0.3) is 0 Å². The van der Waals surface area contributed by atoms with Crippen LogP contribution < -0.4 is 5.73 Å². The minimum Gasteiger partial charge on any atom is -0.370 e. The molecule has 0 amide bonds. The summed E-state index contributed by atoms with van der Waals surface area (Å²) in [5.74, 6) is 0.0733. The normalized spacial score (nSPS) is 35.8. The first-order valence-corrected chi connectivity index (χ1v) is 7.05. The van der Waals surface area contributed by atoms with Gasteiger partial charge in [-0.3, -0.25) is 4.99 Å². The van der Waals surface area contributed by atoms with Gasteiger partial charge in [0.1, 0.15) is 0 Å². The van der Waals surface area contributed by atoms with Crippen LogP contribution in [0.2, 0.25) is 0 Å². The van der Waals surface area contributed by atoms with Gasteiger partial charge < -0.3 is 10.6 Å². The molecule has 108 valence electrons. The molecule has 3 nitrogen and oxygen atoms in total. The Morgan fingerprint density at radius 3 is 2.37 bits per heavy atom. The lowest BCUT2D eigenvalue weighted by Crippen LogP contribution is -2.54. The van der Waals surface area contributed by atoms with Gasteiger partial charge in [0.2, 0.25) is 0 Å². The Labute approximate surface area is 111 Å². The largest absolute Gasteiger partial charge is 0.391 e. The van der Waals surface area contributed by atoms with E-state index in [-0.39, 0.29) is 18.4 Å². The Hall–Kier alpha value is -0.940. The number of hydrogen-bond donors (Lipinski definition) is 1. The predicted molar refractivity (Wildman–Crippen MR) is 66.7 cm³/mol. The van der Waals surface area contributed by atoms with Crippen LogP contribution in [0.5, 0.6) is 0 Å². The minimum absolute atomic E-state index is 0.214. The second-order valence-corrected chi connectivity index (χ2v) is 6.27. The van der Waals surface area contributed by atoms with Crippen molar-refractivity contribution in [1.29, 1.82) is 0 Å². The molecule has 0 bridgehead atoms. The van der Waals surface area contributed by atoms with E-state index in [0.29, 0.717) is 31.3 Å². The number of alkyl halides is 3. The van der Waals surface area contributed by atoms with Crippen molar-refractivity contribution in [3.05, 3.63) is 0 Å². The summed E-state index contributed by atoms with van der Waals surface area (Å²) < 4.78 is 38.2. The molecule has 19 heavy (non-hydrogen) atoms. The van der Waals surface area contributed by atoms with E-state index < -0.39 is 12.1 Å². The number of nitrogens with zero attached hydrogens (tertiary/aromatic N) is 2. The van der Waals surface area contributed by atoms with E-state index in [1.807, 2.05) is 0 Å². The van der Waals surface area contributed by atoms with E-state index in [4.69, 9.17) is 5.73 Å². The zero-order valence-corrected chi connectivity index (χ0v) is 10.9. The average Bonchev–Trinajstić information content (AvgIpc) is 3.11. The van der Waals surface area contributed by atoms with Crippen molar-refractivity contribution >= 4 is 5.96 Å². The molecule has 0 atom stereocenters. The maximum Gasteiger partial charge on any atom is 0.391 e. The van der Waals surface area contributed by atoms with E-state index in [1.54, 1.807) is 0 Å². The molecule has 0 unspecified atom stereocenters. The highest BCUT2D eigenvalue weighted by Crippen LogP contribution is 2.46. The summed E-state index contributed by atoms with van der Waals surface area (Å²) >= 11 is 0. The number of guanidine groups is 1. The van der Waals surface area contributed by atoms with Gasteiger partial charge in [-0.25, -0.2) is 0 Å². The van der Waals surface area contributed by atoms with Crippen LogP contribution in [-0.4, -0.2) is 35.7 Å². The molecule has 0 aromatic carbocycles. The first-order chi connectivity index (χ1) is 8.91. The average molecular weight is 275 g/mol. The summed E-state index contributed by atoms with van der Waals surface area (Å²) in [4.78, 5) is 6.41. The summed E-state index contributed by atoms with van der Waals surface area (Å²) in [7, 11) is 0. The molecule has 3 aliphatic rings. The summed E-state index contributed by atoms with van der Waals surface area (Å²) in [6.07, 6.45) is -0.0624. The molecule has 2 aliphatic carbocycles. The van der Waals surface area contributed by atoms with Gasteiger partial charge in [0, 0.05) is 6.54 Å². The van der Waals surface area contributed by atoms with Gasteiger partial charge in [-0.2, -0.15) is 13.2 Å². The summed E-state index contributed by atoms with van der Waals surface area (Å²) in [6, 6.07) is 0. The van der Waals surface area contributed by atoms with Gasteiger partial charge >= 0.3 is 6.18 Å². The molecule has 1 heterocycles. The molecule has 0 aromatic rings. The fraction of sp³-hybridized carbons (Fsp3) is 0.923. The monoisotopic (exact) mass is 275 g/mol. The molecular formula is C13H20F3N3. The first kappa shape index (κ1) is 13.1. The van der Waals surface area contributed by atoms with Crippen molar-refractivity contribution in [2.45, 2.75) is 50.2 Å². The molecule has 0 radical (unpaired) electrons. The second kappa shape index (κ2) is 4.28. The van der Waals surface area contributed by atoms with E-state index in [0.717, 1.165) is 6.54 Å². The zero-order chi connectivity index (χ0) is 13.7. The Bertz CT molecular complexity index is 379. The van der Waals surface area contributed by atoms with Gasteiger partial charge in [-0.05, 0) is 44.4 Å². The molecule has 3 rings (SSSR count). The molecular weight excluding hydrogens is 255 g/mol. The summed E-state index contributed by atoms with van der Waals surface area (Å²) in [5.41, 5.74) is 5.72.